The number of carbonyl (C=O) groups is 1. The molecule has 144 valence electrons. The van der Waals surface area contributed by atoms with E-state index in [1.165, 1.54) is 22.4 Å². The maximum Gasteiger partial charge on any atom is 0.253 e. The fourth-order valence-corrected chi connectivity index (χ4v) is 4.66. The Labute approximate surface area is 171 Å². The molecule has 0 radical (unpaired) electrons. The van der Waals surface area contributed by atoms with E-state index in [1.54, 1.807) is 11.3 Å². The van der Waals surface area contributed by atoms with E-state index < -0.39 is 0 Å². The molecule has 0 N–H and O–H groups in total. The molecule has 3 aromatic rings. The lowest BCUT2D eigenvalue weighted by atomic mass is 10.0. The molecule has 0 aliphatic carbocycles. The Morgan fingerprint density at radius 2 is 1.79 bits per heavy atom. The van der Waals surface area contributed by atoms with Crippen LogP contribution in [0.2, 0.25) is 0 Å². The summed E-state index contributed by atoms with van der Waals surface area (Å²) in [7, 11) is 0. The van der Waals surface area contributed by atoms with Crippen molar-refractivity contribution < 1.29 is 4.79 Å². The van der Waals surface area contributed by atoms with E-state index in [0.29, 0.717) is 0 Å². The van der Waals surface area contributed by atoms with Crippen molar-refractivity contribution in [3.63, 3.8) is 0 Å². The monoisotopic (exact) mass is 390 g/mol. The number of piperidine rings is 1. The quantitative estimate of drug-likeness (QED) is 0.531. The molecule has 1 amide bonds. The van der Waals surface area contributed by atoms with E-state index in [4.69, 9.17) is 0 Å². The largest absolute Gasteiger partial charge is 0.339 e. The Hall–Kier alpha value is -2.46. The summed E-state index contributed by atoms with van der Waals surface area (Å²) in [5.41, 5.74) is 5.52. The second-order valence-electron chi connectivity index (χ2n) is 7.42. The van der Waals surface area contributed by atoms with Gasteiger partial charge in [0.05, 0.1) is 0 Å². The van der Waals surface area contributed by atoms with Crippen LogP contribution in [0.3, 0.4) is 0 Å². The zero-order chi connectivity index (χ0) is 19.3. The van der Waals surface area contributed by atoms with Crippen LogP contribution < -0.4 is 0 Å². The number of thiophene rings is 1. The Morgan fingerprint density at radius 1 is 1.00 bits per heavy atom. The highest BCUT2D eigenvalue weighted by Crippen LogP contribution is 2.33. The fraction of sp³-hybridized carbons (Fsp3) is 0.333. The van der Waals surface area contributed by atoms with Gasteiger partial charge in [-0.05, 0) is 78.1 Å². The van der Waals surface area contributed by atoms with Gasteiger partial charge in [-0.25, -0.2) is 0 Å². The third-order valence-corrected chi connectivity index (χ3v) is 6.29. The van der Waals surface area contributed by atoms with E-state index in [2.05, 4.69) is 47.6 Å². The predicted molar refractivity (Wildman–Crippen MR) is 117 cm³/mol. The number of pyridine rings is 1. The summed E-state index contributed by atoms with van der Waals surface area (Å²) < 4.78 is 0. The molecule has 1 aromatic carbocycles. The molecule has 3 heterocycles. The van der Waals surface area contributed by atoms with Gasteiger partial charge in [-0.3, -0.25) is 9.78 Å². The van der Waals surface area contributed by atoms with Crippen LogP contribution in [0.15, 0.2) is 54.0 Å². The second-order valence-corrected chi connectivity index (χ2v) is 8.33. The molecule has 4 heteroatoms. The van der Waals surface area contributed by atoms with Gasteiger partial charge in [0.2, 0.25) is 0 Å². The van der Waals surface area contributed by atoms with Crippen LogP contribution in [0.1, 0.15) is 48.7 Å². The van der Waals surface area contributed by atoms with Gasteiger partial charge in [0.15, 0.2) is 0 Å². The molecular weight excluding hydrogens is 364 g/mol. The van der Waals surface area contributed by atoms with E-state index in [-0.39, 0.29) is 5.91 Å². The summed E-state index contributed by atoms with van der Waals surface area (Å²) in [6, 6.07) is 14.6. The molecule has 0 saturated carbocycles. The average Bonchev–Trinajstić information content (AvgIpc) is 3.25. The number of benzene rings is 1. The molecule has 1 saturated heterocycles. The number of amides is 1. The number of aromatic nitrogens is 1. The lowest BCUT2D eigenvalue weighted by Gasteiger charge is -2.26. The van der Waals surface area contributed by atoms with E-state index in [1.807, 2.05) is 23.2 Å². The lowest BCUT2D eigenvalue weighted by Crippen LogP contribution is -2.35. The van der Waals surface area contributed by atoms with Crippen LogP contribution in [-0.2, 0) is 6.42 Å². The van der Waals surface area contributed by atoms with Gasteiger partial charge in [-0.15, -0.1) is 11.3 Å². The molecule has 1 aliphatic heterocycles. The Balaban J connectivity index is 1.51. The van der Waals surface area contributed by atoms with E-state index >= 15 is 0 Å². The number of likely N-dealkylation sites (tertiary alicyclic amines) is 1. The molecule has 1 aliphatic rings. The van der Waals surface area contributed by atoms with Crippen molar-refractivity contribution in [2.24, 2.45) is 0 Å². The van der Waals surface area contributed by atoms with Crippen molar-refractivity contribution >= 4 is 17.2 Å². The molecular formula is C24H26N2OS. The molecule has 0 bridgehead atoms. The van der Waals surface area contributed by atoms with Crippen molar-refractivity contribution in [3.8, 4) is 21.6 Å². The topological polar surface area (TPSA) is 33.2 Å². The lowest BCUT2D eigenvalue weighted by molar-refractivity contribution is 0.0724. The smallest absolute Gasteiger partial charge is 0.253 e. The first kappa shape index (κ1) is 18.9. The maximum atomic E-state index is 12.6. The molecule has 28 heavy (non-hydrogen) atoms. The summed E-state index contributed by atoms with van der Waals surface area (Å²) in [6.45, 7) is 3.96. The molecule has 1 fully saturated rings. The Kier molecular flexibility index (Phi) is 5.87. The molecule has 0 unspecified atom stereocenters. The minimum Gasteiger partial charge on any atom is -0.339 e. The normalized spacial score (nSPS) is 14.2. The molecule has 0 spiro atoms. The standard InChI is InChI=1S/C24H26N2OS/c1-2-6-22-15-20(11-12-25-22)23-16-21(17-28-23)18-7-9-19(10-8-18)24(27)26-13-4-3-5-14-26/h7-12,15-17H,2-6,13-14H2,1H3. The van der Waals surface area contributed by atoms with Crippen molar-refractivity contribution in [2.45, 2.75) is 39.0 Å². The summed E-state index contributed by atoms with van der Waals surface area (Å²) in [5.74, 6) is 0.164. The van der Waals surface area contributed by atoms with Crippen molar-refractivity contribution in [3.05, 3.63) is 65.3 Å². The summed E-state index contributed by atoms with van der Waals surface area (Å²) in [5, 5.41) is 2.19. The third kappa shape index (κ3) is 4.17. The van der Waals surface area contributed by atoms with E-state index in [9.17, 15) is 4.79 Å². The fourth-order valence-electron chi connectivity index (χ4n) is 3.75. The van der Waals surface area contributed by atoms with Crippen LogP contribution in [0, 0.1) is 0 Å². The molecule has 4 rings (SSSR count). The first-order chi connectivity index (χ1) is 13.7. The summed E-state index contributed by atoms with van der Waals surface area (Å²) in [4.78, 5) is 20.3. The van der Waals surface area contributed by atoms with Gasteiger partial charge in [0, 0.05) is 35.4 Å². The number of hydrogen-bond acceptors (Lipinski definition) is 3. The van der Waals surface area contributed by atoms with Gasteiger partial charge >= 0.3 is 0 Å². The molecule has 3 nitrogen and oxygen atoms in total. The first-order valence-electron chi connectivity index (χ1n) is 10.2. The number of rotatable bonds is 5. The van der Waals surface area contributed by atoms with Crippen LogP contribution in [0.4, 0.5) is 0 Å². The molecule has 2 aromatic heterocycles. The van der Waals surface area contributed by atoms with Gasteiger partial charge in [-0.2, -0.15) is 0 Å². The zero-order valence-corrected chi connectivity index (χ0v) is 17.2. The van der Waals surface area contributed by atoms with Gasteiger partial charge < -0.3 is 4.90 Å². The highest BCUT2D eigenvalue weighted by atomic mass is 32.1. The zero-order valence-electron chi connectivity index (χ0n) is 16.4. The average molecular weight is 391 g/mol. The Morgan fingerprint density at radius 3 is 2.54 bits per heavy atom. The van der Waals surface area contributed by atoms with Crippen molar-refractivity contribution in [1.82, 2.24) is 9.88 Å². The Bertz CT molecular complexity index is 939. The van der Waals surface area contributed by atoms with Gasteiger partial charge in [0.25, 0.3) is 5.91 Å². The van der Waals surface area contributed by atoms with E-state index in [0.717, 1.165) is 55.6 Å². The van der Waals surface area contributed by atoms with Crippen LogP contribution in [0.5, 0.6) is 0 Å². The van der Waals surface area contributed by atoms with Gasteiger partial charge in [0.1, 0.15) is 0 Å². The highest BCUT2D eigenvalue weighted by molar-refractivity contribution is 7.14. The van der Waals surface area contributed by atoms with Gasteiger partial charge in [-0.1, -0.05) is 25.5 Å². The summed E-state index contributed by atoms with van der Waals surface area (Å²) in [6.07, 6.45) is 7.50. The first-order valence-corrected chi connectivity index (χ1v) is 11.1. The maximum absolute atomic E-state index is 12.6. The minimum atomic E-state index is 0.164. The van der Waals surface area contributed by atoms with Crippen LogP contribution >= 0.6 is 11.3 Å². The SMILES string of the molecule is CCCc1cc(-c2cc(-c3ccc(C(=O)N4CCCCC4)cc3)cs2)ccn1. The number of nitrogens with zero attached hydrogens (tertiary/aromatic N) is 2. The van der Waals surface area contributed by atoms with Crippen molar-refractivity contribution in [1.29, 1.82) is 0 Å². The number of carbonyl (C=O) groups excluding carboxylic acids is 1. The van der Waals surface area contributed by atoms with Crippen LogP contribution in [0.25, 0.3) is 21.6 Å². The highest BCUT2D eigenvalue weighted by Gasteiger charge is 2.18. The molecule has 0 atom stereocenters. The second kappa shape index (κ2) is 8.70. The van der Waals surface area contributed by atoms with Crippen LogP contribution in [-0.4, -0.2) is 28.9 Å². The minimum absolute atomic E-state index is 0.164. The summed E-state index contributed by atoms with van der Waals surface area (Å²) >= 11 is 1.75. The van der Waals surface area contributed by atoms with Crippen molar-refractivity contribution in [2.75, 3.05) is 13.1 Å². The third-order valence-electron chi connectivity index (χ3n) is 5.32. The predicted octanol–water partition coefficient (Wildman–Crippen LogP) is 6.06. The number of aryl methyl sites for hydroxylation is 1. The number of hydrogen-bond donors (Lipinski definition) is 0.